The minimum atomic E-state index is -0.436. The summed E-state index contributed by atoms with van der Waals surface area (Å²) in [7, 11) is 1.52. The van der Waals surface area contributed by atoms with E-state index in [9.17, 15) is 4.79 Å². The number of nitrogens with zero attached hydrogens (tertiary/aromatic N) is 1. The summed E-state index contributed by atoms with van der Waals surface area (Å²) >= 11 is 17.7. The van der Waals surface area contributed by atoms with Crippen LogP contribution in [0.2, 0.25) is 15.2 Å². The van der Waals surface area contributed by atoms with E-state index >= 15 is 0 Å². The number of anilines is 1. The molecule has 1 heterocycles. The maximum Gasteiger partial charge on any atom is 0.257 e. The van der Waals surface area contributed by atoms with Crippen molar-refractivity contribution in [3.05, 3.63) is 51.2 Å². The van der Waals surface area contributed by atoms with Gasteiger partial charge in [-0.1, -0.05) is 34.8 Å². The van der Waals surface area contributed by atoms with Gasteiger partial charge in [-0.15, -0.1) is 0 Å². The minimum absolute atomic E-state index is 0.177. The fraction of sp³-hybridized carbons (Fsp3) is 0.0769. The first-order chi connectivity index (χ1) is 9.51. The van der Waals surface area contributed by atoms with Crippen molar-refractivity contribution in [2.45, 2.75) is 0 Å². The molecule has 1 N–H and O–H groups in total. The molecule has 0 atom stereocenters. The Hall–Kier alpha value is -1.49. The highest BCUT2D eigenvalue weighted by atomic mass is 35.5. The normalized spacial score (nSPS) is 10.2. The number of carbonyl (C=O) groups excluding carboxylic acids is 1. The van der Waals surface area contributed by atoms with Crippen LogP contribution in [0.15, 0.2) is 30.5 Å². The SMILES string of the molecule is COc1ccc(Cl)c(NC(=O)c2cc(Cl)ncc2Cl)c1. The van der Waals surface area contributed by atoms with E-state index in [0.717, 1.165) is 0 Å². The second-order valence-electron chi connectivity index (χ2n) is 3.79. The zero-order valence-corrected chi connectivity index (χ0v) is 12.6. The number of amides is 1. The molecule has 1 amide bonds. The lowest BCUT2D eigenvalue weighted by Crippen LogP contribution is -2.13. The van der Waals surface area contributed by atoms with Gasteiger partial charge < -0.3 is 10.1 Å². The summed E-state index contributed by atoms with van der Waals surface area (Å²) in [5.41, 5.74) is 0.630. The molecule has 1 aromatic carbocycles. The standard InChI is InChI=1S/C13H9Cl3N2O2/c1-20-7-2-3-9(14)11(4-7)18-13(19)8-5-12(16)17-6-10(8)15/h2-6H,1H3,(H,18,19). The molecule has 0 aliphatic rings. The predicted octanol–water partition coefficient (Wildman–Crippen LogP) is 4.30. The summed E-state index contributed by atoms with van der Waals surface area (Å²) in [5, 5.41) is 3.41. The zero-order chi connectivity index (χ0) is 14.7. The second kappa shape index (κ2) is 6.31. The van der Waals surface area contributed by atoms with Crippen LogP contribution in [0.5, 0.6) is 5.75 Å². The Morgan fingerprint density at radius 3 is 2.65 bits per heavy atom. The van der Waals surface area contributed by atoms with E-state index in [-0.39, 0.29) is 15.7 Å². The van der Waals surface area contributed by atoms with Crippen molar-refractivity contribution in [1.29, 1.82) is 0 Å². The Morgan fingerprint density at radius 1 is 1.20 bits per heavy atom. The summed E-state index contributed by atoms with van der Waals surface area (Å²) in [5.74, 6) is 0.137. The molecule has 2 aromatic rings. The lowest BCUT2D eigenvalue weighted by atomic mass is 10.2. The van der Waals surface area contributed by atoms with Crippen LogP contribution in [0, 0.1) is 0 Å². The topological polar surface area (TPSA) is 51.2 Å². The van der Waals surface area contributed by atoms with Gasteiger partial charge in [-0.3, -0.25) is 4.79 Å². The van der Waals surface area contributed by atoms with Crippen molar-refractivity contribution in [1.82, 2.24) is 4.98 Å². The lowest BCUT2D eigenvalue weighted by molar-refractivity contribution is 0.102. The van der Waals surface area contributed by atoms with E-state index < -0.39 is 5.91 Å². The Morgan fingerprint density at radius 2 is 1.95 bits per heavy atom. The smallest absolute Gasteiger partial charge is 0.257 e. The maximum absolute atomic E-state index is 12.2. The number of aromatic nitrogens is 1. The molecule has 1 aromatic heterocycles. The summed E-state index contributed by atoms with van der Waals surface area (Å²) in [6.45, 7) is 0. The third-order valence-corrected chi connectivity index (χ3v) is 3.33. The van der Waals surface area contributed by atoms with Gasteiger partial charge in [0.2, 0.25) is 0 Å². The van der Waals surface area contributed by atoms with Gasteiger partial charge in [-0.25, -0.2) is 4.98 Å². The van der Waals surface area contributed by atoms with Crippen molar-refractivity contribution in [2.75, 3.05) is 12.4 Å². The number of carbonyl (C=O) groups is 1. The molecule has 20 heavy (non-hydrogen) atoms. The average molecular weight is 332 g/mol. The van der Waals surface area contributed by atoms with E-state index in [4.69, 9.17) is 39.5 Å². The molecule has 7 heteroatoms. The van der Waals surface area contributed by atoms with Crippen molar-refractivity contribution in [3.8, 4) is 5.75 Å². The predicted molar refractivity (Wildman–Crippen MR) is 80.2 cm³/mol. The van der Waals surface area contributed by atoms with E-state index in [0.29, 0.717) is 16.5 Å². The van der Waals surface area contributed by atoms with Gasteiger partial charge in [0.15, 0.2) is 0 Å². The average Bonchev–Trinajstić information content (AvgIpc) is 2.43. The molecule has 0 radical (unpaired) electrons. The summed E-state index contributed by atoms with van der Waals surface area (Å²) in [6, 6.07) is 6.30. The minimum Gasteiger partial charge on any atom is -0.497 e. The first-order valence-corrected chi connectivity index (χ1v) is 6.60. The van der Waals surface area contributed by atoms with E-state index in [1.165, 1.54) is 19.4 Å². The number of benzene rings is 1. The number of rotatable bonds is 3. The van der Waals surface area contributed by atoms with Crippen LogP contribution in [0.1, 0.15) is 10.4 Å². The van der Waals surface area contributed by atoms with Gasteiger partial charge >= 0.3 is 0 Å². The lowest BCUT2D eigenvalue weighted by Gasteiger charge is -2.10. The highest BCUT2D eigenvalue weighted by molar-refractivity contribution is 6.36. The number of hydrogen-bond donors (Lipinski definition) is 1. The third-order valence-electron chi connectivity index (χ3n) is 2.49. The van der Waals surface area contributed by atoms with Gasteiger partial charge in [-0.2, -0.15) is 0 Å². The zero-order valence-electron chi connectivity index (χ0n) is 10.3. The molecule has 2 rings (SSSR count). The fourth-order valence-corrected chi connectivity index (χ4v) is 2.02. The van der Waals surface area contributed by atoms with E-state index in [1.807, 2.05) is 0 Å². The van der Waals surface area contributed by atoms with Gasteiger partial charge in [0, 0.05) is 12.3 Å². The van der Waals surface area contributed by atoms with Crippen LogP contribution in [0.3, 0.4) is 0 Å². The van der Waals surface area contributed by atoms with Gasteiger partial charge in [0.1, 0.15) is 10.9 Å². The Labute approximate surface area is 130 Å². The highest BCUT2D eigenvalue weighted by Gasteiger charge is 2.14. The third kappa shape index (κ3) is 3.33. The van der Waals surface area contributed by atoms with Crippen molar-refractivity contribution < 1.29 is 9.53 Å². The maximum atomic E-state index is 12.2. The Bertz CT molecular complexity index is 662. The Balaban J connectivity index is 2.30. The number of halogens is 3. The quantitative estimate of drug-likeness (QED) is 0.853. The molecule has 0 unspecified atom stereocenters. The van der Waals surface area contributed by atoms with Crippen molar-refractivity contribution in [2.24, 2.45) is 0 Å². The van der Waals surface area contributed by atoms with Gasteiger partial charge in [0.25, 0.3) is 5.91 Å². The molecule has 0 aliphatic heterocycles. The van der Waals surface area contributed by atoms with Crippen molar-refractivity contribution >= 4 is 46.4 Å². The fourth-order valence-electron chi connectivity index (χ4n) is 1.50. The summed E-state index contributed by atoms with van der Waals surface area (Å²) in [6.07, 6.45) is 1.31. The number of ether oxygens (including phenoxy) is 1. The molecule has 104 valence electrons. The monoisotopic (exact) mass is 330 g/mol. The molecular formula is C13H9Cl3N2O2. The molecule has 0 saturated carbocycles. The largest absolute Gasteiger partial charge is 0.497 e. The molecule has 0 bridgehead atoms. The first kappa shape index (κ1) is 14.9. The highest BCUT2D eigenvalue weighted by Crippen LogP contribution is 2.28. The van der Waals surface area contributed by atoms with Crippen LogP contribution in [-0.2, 0) is 0 Å². The molecule has 0 fully saturated rings. The Kier molecular flexibility index (Phi) is 4.70. The van der Waals surface area contributed by atoms with E-state index in [2.05, 4.69) is 10.3 Å². The number of nitrogens with one attached hydrogen (secondary N) is 1. The number of methoxy groups -OCH3 is 1. The number of pyridine rings is 1. The van der Waals surface area contributed by atoms with Gasteiger partial charge in [-0.05, 0) is 18.2 Å². The van der Waals surface area contributed by atoms with E-state index in [1.54, 1.807) is 18.2 Å². The van der Waals surface area contributed by atoms with Crippen LogP contribution in [0.4, 0.5) is 5.69 Å². The molecular weight excluding hydrogens is 323 g/mol. The first-order valence-electron chi connectivity index (χ1n) is 5.47. The molecule has 0 saturated heterocycles. The van der Waals surface area contributed by atoms with Crippen LogP contribution in [0.25, 0.3) is 0 Å². The number of hydrogen-bond acceptors (Lipinski definition) is 3. The van der Waals surface area contributed by atoms with Crippen LogP contribution < -0.4 is 10.1 Å². The summed E-state index contributed by atoms with van der Waals surface area (Å²) in [4.78, 5) is 15.9. The molecule has 0 spiro atoms. The molecule has 4 nitrogen and oxygen atoms in total. The summed E-state index contributed by atoms with van der Waals surface area (Å²) < 4.78 is 5.07. The second-order valence-corrected chi connectivity index (χ2v) is 4.99. The van der Waals surface area contributed by atoms with Crippen molar-refractivity contribution in [3.63, 3.8) is 0 Å². The van der Waals surface area contributed by atoms with Gasteiger partial charge in [0.05, 0.1) is 28.4 Å². The van der Waals surface area contributed by atoms with Crippen LogP contribution in [-0.4, -0.2) is 18.0 Å². The molecule has 0 aliphatic carbocycles. The van der Waals surface area contributed by atoms with Crippen LogP contribution >= 0.6 is 34.8 Å².